The molecule has 1 aromatic carbocycles. The van der Waals surface area contributed by atoms with Crippen molar-refractivity contribution in [2.75, 3.05) is 6.54 Å². The Morgan fingerprint density at radius 3 is 2.46 bits per heavy atom. The van der Waals surface area contributed by atoms with Crippen molar-refractivity contribution in [1.82, 2.24) is 15.5 Å². The Labute approximate surface area is 224 Å². The molecule has 4 atom stereocenters. The molecule has 2 amide bonds. The molecule has 8 nitrogen and oxygen atoms in total. The summed E-state index contributed by atoms with van der Waals surface area (Å²) in [6.07, 6.45) is -2.61. The fourth-order valence-electron chi connectivity index (χ4n) is 5.73. The van der Waals surface area contributed by atoms with Crippen molar-refractivity contribution in [3.8, 4) is 11.3 Å². The zero-order valence-electron chi connectivity index (χ0n) is 22.4. The molecule has 2 heterocycles. The number of carboxylic acids is 1. The molecular formula is C28H34F3N3O5. The first-order chi connectivity index (χ1) is 18.1. The first-order valence-corrected chi connectivity index (χ1v) is 13.0. The largest absolute Gasteiger partial charge is 0.481 e. The van der Waals surface area contributed by atoms with E-state index in [0.29, 0.717) is 25.8 Å². The van der Waals surface area contributed by atoms with Crippen molar-refractivity contribution in [1.29, 1.82) is 0 Å². The first kappa shape index (κ1) is 28.7. The number of likely N-dealkylation sites (tertiary alicyclic amines) is 1. The standard InChI is InChI=1S/C28H34F3N3O5/c1-26(2,3)33-18-8-11-22(27(4,15-18)25(37)38)34-13-12-19(24(34)36)32-23(35)21-10-9-20(39-21)16-6-5-7-17(14-16)28(29,30)31/h5-7,9-10,14,18-19,22,33H,8,11-13,15H2,1-4H3,(H,32,35)(H,37,38)/t18-,19?,22+,27-/m1/s1. The highest BCUT2D eigenvalue weighted by Gasteiger charge is 2.52. The lowest BCUT2D eigenvalue weighted by Gasteiger charge is -2.47. The summed E-state index contributed by atoms with van der Waals surface area (Å²) in [5.41, 5.74) is -2.01. The number of carbonyl (C=O) groups is 3. The van der Waals surface area contributed by atoms with Crippen molar-refractivity contribution < 1.29 is 37.1 Å². The Morgan fingerprint density at radius 2 is 1.82 bits per heavy atom. The predicted octanol–water partition coefficient (Wildman–Crippen LogP) is 4.70. The zero-order chi connectivity index (χ0) is 28.8. The summed E-state index contributed by atoms with van der Waals surface area (Å²) in [4.78, 5) is 40.1. The molecule has 1 saturated carbocycles. The molecule has 0 radical (unpaired) electrons. The summed E-state index contributed by atoms with van der Waals surface area (Å²) in [6, 6.07) is 5.94. The van der Waals surface area contributed by atoms with Crippen LogP contribution in [0.3, 0.4) is 0 Å². The number of furan rings is 1. The molecule has 0 bridgehead atoms. The van der Waals surface area contributed by atoms with E-state index in [4.69, 9.17) is 4.42 Å². The maximum Gasteiger partial charge on any atom is 0.416 e. The van der Waals surface area contributed by atoms with E-state index in [9.17, 15) is 32.7 Å². The smallest absolute Gasteiger partial charge is 0.416 e. The summed E-state index contributed by atoms with van der Waals surface area (Å²) >= 11 is 0. The summed E-state index contributed by atoms with van der Waals surface area (Å²) < 4.78 is 44.7. The second-order valence-electron chi connectivity index (χ2n) is 11.7. The minimum Gasteiger partial charge on any atom is -0.481 e. The second-order valence-corrected chi connectivity index (χ2v) is 11.7. The topological polar surface area (TPSA) is 112 Å². The van der Waals surface area contributed by atoms with Crippen LogP contribution in [0.15, 0.2) is 40.8 Å². The number of rotatable bonds is 6. The molecule has 2 aliphatic rings. The van der Waals surface area contributed by atoms with Crippen molar-refractivity contribution in [3.63, 3.8) is 0 Å². The molecule has 1 aromatic heterocycles. The number of aliphatic carboxylic acids is 1. The van der Waals surface area contributed by atoms with Gasteiger partial charge in [-0.2, -0.15) is 13.2 Å². The maximum absolute atomic E-state index is 13.3. The number of nitrogens with zero attached hydrogens (tertiary/aromatic N) is 1. The van der Waals surface area contributed by atoms with Crippen molar-refractivity contribution >= 4 is 17.8 Å². The van der Waals surface area contributed by atoms with Crippen LogP contribution in [-0.2, 0) is 15.8 Å². The van der Waals surface area contributed by atoms with E-state index in [2.05, 4.69) is 10.6 Å². The van der Waals surface area contributed by atoms with E-state index < -0.39 is 41.1 Å². The number of hydrogen-bond donors (Lipinski definition) is 3. The van der Waals surface area contributed by atoms with Crippen LogP contribution in [0.2, 0.25) is 0 Å². The normalized spacial score (nSPS) is 26.1. The number of halogens is 3. The van der Waals surface area contributed by atoms with Gasteiger partial charge < -0.3 is 25.1 Å². The van der Waals surface area contributed by atoms with Gasteiger partial charge in [0.2, 0.25) is 5.91 Å². The Bertz CT molecular complexity index is 1250. The van der Waals surface area contributed by atoms with E-state index >= 15 is 0 Å². The molecule has 3 N–H and O–H groups in total. The minimum absolute atomic E-state index is 0.000490. The number of carbonyl (C=O) groups excluding carboxylic acids is 2. The molecule has 212 valence electrons. The van der Waals surface area contributed by atoms with Crippen LogP contribution in [0.1, 0.15) is 69.5 Å². The van der Waals surface area contributed by atoms with Crippen molar-refractivity contribution in [2.45, 2.75) is 83.2 Å². The van der Waals surface area contributed by atoms with E-state index in [1.54, 1.807) is 11.8 Å². The summed E-state index contributed by atoms with van der Waals surface area (Å²) in [5.74, 6) is -2.05. The maximum atomic E-state index is 13.3. The zero-order valence-corrected chi connectivity index (χ0v) is 22.4. The Kier molecular flexibility index (Phi) is 7.59. The van der Waals surface area contributed by atoms with Crippen molar-refractivity contribution in [3.05, 3.63) is 47.7 Å². The van der Waals surface area contributed by atoms with Gasteiger partial charge in [0, 0.05) is 29.7 Å². The number of amides is 2. The predicted molar refractivity (Wildman–Crippen MR) is 137 cm³/mol. The van der Waals surface area contributed by atoms with Crippen LogP contribution in [0.25, 0.3) is 11.3 Å². The lowest BCUT2D eigenvalue weighted by atomic mass is 9.68. The van der Waals surface area contributed by atoms with Gasteiger partial charge in [-0.15, -0.1) is 0 Å². The van der Waals surface area contributed by atoms with Gasteiger partial charge in [-0.05, 0) is 77.6 Å². The quantitative estimate of drug-likeness (QED) is 0.482. The lowest BCUT2D eigenvalue weighted by molar-refractivity contribution is -0.158. The highest BCUT2D eigenvalue weighted by molar-refractivity contribution is 5.96. The Balaban J connectivity index is 1.43. The summed E-state index contributed by atoms with van der Waals surface area (Å²) in [6.45, 7) is 8.05. The molecule has 1 aliphatic carbocycles. The second kappa shape index (κ2) is 10.3. The van der Waals surface area contributed by atoms with E-state index in [-0.39, 0.29) is 34.6 Å². The highest BCUT2D eigenvalue weighted by atomic mass is 19.4. The third-order valence-corrected chi connectivity index (χ3v) is 7.55. The number of nitrogens with one attached hydrogen (secondary N) is 2. The molecule has 11 heteroatoms. The van der Waals surface area contributed by atoms with Crippen LogP contribution in [0.4, 0.5) is 13.2 Å². The lowest BCUT2D eigenvalue weighted by Crippen LogP contribution is -2.59. The van der Waals surface area contributed by atoms with Gasteiger partial charge in [-0.3, -0.25) is 14.4 Å². The van der Waals surface area contributed by atoms with Gasteiger partial charge in [-0.25, -0.2) is 0 Å². The van der Waals surface area contributed by atoms with Crippen LogP contribution < -0.4 is 10.6 Å². The first-order valence-electron chi connectivity index (χ1n) is 13.0. The summed E-state index contributed by atoms with van der Waals surface area (Å²) in [7, 11) is 0. The Morgan fingerprint density at radius 1 is 1.10 bits per heavy atom. The van der Waals surface area contributed by atoms with Gasteiger partial charge in [0.05, 0.1) is 11.0 Å². The molecule has 0 spiro atoms. The van der Waals surface area contributed by atoms with Crippen LogP contribution in [-0.4, -0.2) is 58.0 Å². The molecular weight excluding hydrogens is 515 g/mol. The van der Waals surface area contributed by atoms with E-state index in [1.807, 2.05) is 20.8 Å². The third-order valence-electron chi connectivity index (χ3n) is 7.55. The van der Waals surface area contributed by atoms with Crippen LogP contribution in [0.5, 0.6) is 0 Å². The fourth-order valence-corrected chi connectivity index (χ4v) is 5.73. The SMILES string of the molecule is CC(C)(C)N[C@@H]1CC[C@H](N2CCC(NC(=O)c3ccc(-c4cccc(C(F)(F)F)c4)o3)C2=O)[C@](C)(C(=O)O)C1. The third kappa shape index (κ3) is 6.13. The van der Waals surface area contributed by atoms with Gasteiger partial charge in [0.15, 0.2) is 5.76 Å². The molecule has 1 aliphatic heterocycles. The molecule has 39 heavy (non-hydrogen) atoms. The minimum atomic E-state index is -4.52. The number of alkyl halides is 3. The number of carboxylic acid groups (broad SMARTS) is 1. The average Bonchev–Trinajstić information content (AvgIpc) is 3.46. The average molecular weight is 550 g/mol. The van der Waals surface area contributed by atoms with E-state index in [1.165, 1.54) is 24.3 Å². The molecule has 1 saturated heterocycles. The number of benzene rings is 1. The van der Waals surface area contributed by atoms with E-state index in [0.717, 1.165) is 18.6 Å². The van der Waals surface area contributed by atoms with Gasteiger partial charge in [0.25, 0.3) is 5.91 Å². The molecule has 4 rings (SSSR count). The monoisotopic (exact) mass is 549 g/mol. The van der Waals surface area contributed by atoms with Crippen LogP contribution in [0, 0.1) is 5.41 Å². The summed E-state index contributed by atoms with van der Waals surface area (Å²) in [5, 5.41) is 16.3. The molecule has 1 unspecified atom stereocenters. The fraction of sp³-hybridized carbons (Fsp3) is 0.536. The number of hydrogen-bond acceptors (Lipinski definition) is 5. The van der Waals surface area contributed by atoms with Gasteiger partial charge in [-0.1, -0.05) is 12.1 Å². The van der Waals surface area contributed by atoms with Gasteiger partial charge in [0.1, 0.15) is 11.8 Å². The van der Waals surface area contributed by atoms with Gasteiger partial charge >= 0.3 is 12.1 Å². The Hall–Kier alpha value is -3.34. The molecule has 2 aromatic rings. The highest BCUT2D eigenvalue weighted by Crippen LogP contribution is 2.41. The van der Waals surface area contributed by atoms with Crippen LogP contribution >= 0.6 is 0 Å². The molecule has 2 fully saturated rings. The van der Waals surface area contributed by atoms with Crippen molar-refractivity contribution in [2.24, 2.45) is 5.41 Å².